The van der Waals surface area contributed by atoms with Crippen molar-refractivity contribution in [2.75, 3.05) is 39.0 Å². The quantitative estimate of drug-likeness (QED) is 0.388. The van der Waals surface area contributed by atoms with Gasteiger partial charge in [0.25, 0.3) is 5.91 Å². The summed E-state index contributed by atoms with van der Waals surface area (Å²) >= 11 is 0. The first kappa shape index (κ1) is 27.4. The van der Waals surface area contributed by atoms with Crippen LogP contribution in [0.2, 0.25) is 0 Å². The normalized spacial score (nSPS) is 22.0. The molecule has 2 fully saturated rings. The van der Waals surface area contributed by atoms with E-state index in [-0.39, 0.29) is 24.6 Å². The first-order valence-electron chi connectivity index (χ1n) is 13.7. The number of carbonyl (C=O) groups is 1. The maximum atomic E-state index is 14.4. The van der Waals surface area contributed by atoms with Crippen molar-refractivity contribution in [3.63, 3.8) is 0 Å². The Balaban J connectivity index is 1.76. The van der Waals surface area contributed by atoms with Crippen LogP contribution in [0, 0.1) is 11.7 Å². The second-order valence-corrected chi connectivity index (χ2v) is 10.4. The predicted molar refractivity (Wildman–Crippen MR) is 156 cm³/mol. The molecule has 1 saturated heterocycles. The molecule has 210 valence electrons. The summed E-state index contributed by atoms with van der Waals surface area (Å²) < 4.78 is 20.5. The van der Waals surface area contributed by atoms with E-state index in [1.54, 1.807) is 37.5 Å². The van der Waals surface area contributed by atoms with Crippen LogP contribution in [0.25, 0.3) is 5.70 Å². The molecule has 2 aliphatic heterocycles. The number of anilines is 1. The molecule has 9 nitrogen and oxygen atoms in total. The van der Waals surface area contributed by atoms with E-state index in [1.165, 1.54) is 12.1 Å². The first-order chi connectivity index (χ1) is 19.4. The molecule has 1 amide bonds. The largest absolute Gasteiger partial charge is 0.485 e. The van der Waals surface area contributed by atoms with Crippen LogP contribution in [0.5, 0.6) is 5.75 Å². The van der Waals surface area contributed by atoms with E-state index < -0.39 is 5.82 Å². The maximum Gasteiger partial charge on any atom is 0.270 e. The molecule has 3 aliphatic rings. The van der Waals surface area contributed by atoms with Gasteiger partial charge in [-0.25, -0.2) is 9.37 Å². The van der Waals surface area contributed by atoms with Gasteiger partial charge in [-0.1, -0.05) is 0 Å². The van der Waals surface area contributed by atoms with Crippen LogP contribution < -0.4 is 21.5 Å². The lowest BCUT2D eigenvalue weighted by atomic mass is 9.91. The Morgan fingerprint density at radius 1 is 1.27 bits per heavy atom. The van der Waals surface area contributed by atoms with Crippen LogP contribution in [0.15, 0.2) is 57.3 Å². The molecule has 3 heterocycles. The number of benzene rings is 1. The number of allylic oxidation sites excluding steroid dienone is 2. The van der Waals surface area contributed by atoms with Crippen LogP contribution in [0.4, 0.5) is 10.2 Å². The van der Waals surface area contributed by atoms with E-state index in [9.17, 15) is 9.18 Å². The lowest BCUT2D eigenvalue weighted by Gasteiger charge is -2.22. The zero-order valence-corrected chi connectivity index (χ0v) is 23.0. The number of halogens is 1. The van der Waals surface area contributed by atoms with E-state index in [0.717, 1.165) is 25.7 Å². The molecule has 1 aromatic carbocycles. The van der Waals surface area contributed by atoms with E-state index >= 15 is 0 Å². The summed E-state index contributed by atoms with van der Waals surface area (Å²) in [6.45, 7) is 2.01. The van der Waals surface area contributed by atoms with Gasteiger partial charge in [0.2, 0.25) is 0 Å². The number of nitrogens with zero attached hydrogens (tertiary/aromatic N) is 4. The summed E-state index contributed by atoms with van der Waals surface area (Å²) in [6, 6.07) is 6.26. The first-order valence-corrected chi connectivity index (χ1v) is 13.7. The molecule has 1 aromatic heterocycles. The Bertz CT molecular complexity index is 1420. The van der Waals surface area contributed by atoms with Gasteiger partial charge in [-0.2, -0.15) is 0 Å². The molecule has 0 atom stereocenters. The van der Waals surface area contributed by atoms with Gasteiger partial charge in [0.05, 0.1) is 5.71 Å². The van der Waals surface area contributed by atoms with Crippen LogP contribution in [0.3, 0.4) is 0 Å². The number of pyridine rings is 1. The molecule has 10 heteroatoms. The molecular formula is C30H36FN7O2. The van der Waals surface area contributed by atoms with Crippen molar-refractivity contribution < 1.29 is 13.9 Å². The Hall–Kier alpha value is -4.21. The van der Waals surface area contributed by atoms with E-state index in [2.05, 4.69) is 15.3 Å². The molecule has 2 bridgehead atoms. The standard InChI is InChI=1S/C30H36FN7O2/c1-34-15-19-12-24(27(33)30(39)38-9-3-4-10-38)28(36-14-18-5-6-18)20-13-25(29(35-2)37-16-20)40-17-21-11-22(31)7-8-23(21)26(19)32/h7-8,11,13,15-16,18H,3-6,9-10,12,14,17,32-33H2,1-2H3,(H,35,37)/b26-19-,27-24-,34-15?,36-28?. The summed E-state index contributed by atoms with van der Waals surface area (Å²) in [6.07, 6.45) is 7.71. The number of fused-ring (bicyclic) bond motifs is 3. The number of amides is 1. The predicted octanol–water partition coefficient (Wildman–Crippen LogP) is 3.65. The fourth-order valence-electron chi connectivity index (χ4n) is 5.11. The van der Waals surface area contributed by atoms with Gasteiger partial charge in [0, 0.05) is 80.5 Å². The molecule has 1 aliphatic carbocycles. The maximum absolute atomic E-state index is 14.4. The third kappa shape index (κ3) is 5.85. The highest BCUT2D eigenvalue weighted by molar-refractivity contribution is 6.17. The van der Waals surface area contributed by atoms with E-state index in [0.29, 0.717) is 76.4 Å². The van der Waals surface area contributed by atoms with E-state index in [4.69, 9.17) is 21.2 Å². The third-order valence-corrected chi connectivity index (χ3v) is 7.54. The van der Waals surface area contributed by atoms with Crippen molar-refractivity contribution in [1.82, 2.24) is 9.88 Å². The van der Waals surface area contributed by atoms with Crippen molar-refractivity contribution in [2.24, 2.45) is 27.4 Å². The molecule has 5 N–H and O–H groups in total. The number of hydrogen-bond acceptors (Lipinski definition) is 8. The van der Waals surface area contributed by atoms with Crippen molar-refractivity contribution in [1.29, 1.82) is 0 Å². The number of hydrogen-bond donors (Lipinski definition) is 3. The molecule has 0 spiro atoms. The lowest BCUT2D eigenvalue weighted by molar-refractivity contribution is -0.126. The van der Waals surface area contributed by atoms with Crippen molar-refractivity contribution in [3.8, 4) is 5.75 Å². The van der Waals surface area contributed by atoms with Crippen molar-refractivity contribution >= 4 is 29.3 Å². The second kappa shape index (κ2) is 11.9. The lowest BCUT2D eigenvalue weighted by Crippen LogP contribution is -2.34. The summed E-state index contributed by atoms with van der Waals surface area (Å²) in [7, 11) is 3.41. The minimum atomic E-state index is -0.399. The summed E-state index contributed by atoms with van der Waals surface area (Å²) in [5.41, 5.74) is 17.7. The highest BCUT2D eigenvalue weighted by atomic mass is 19.1. The number of carbonyl (C=O) groups excluding carboxylic acids is 1. The molecule has 0 radical (unpaired) electrons. The highest BCUT2D eigenvalue weighted by Gasteiger charge is 2.28. The monoisotopic (exact) mass is 545 g/mol. The number of ether oxygens (including phenoxy) is 1. The Labute approximate surface area is 233 Å². The molecule has 1 saturated carbocycles. The fraction of sp³-hybridized carbons (Fsp3) is 0.400. The van der Waals surface area contributed by atoms with Gasteiger partial charge < -0.3 is 26.4 Å². The smallest absolute Gasteiger partial charge is 0.270 e. The minimum Gasteiger partial charge on any atom is -0.485 e. The van der Waals surface area contributed by atoms with Crippen molar-refractivity contribution in [3.05, 3.63) is 69.8 Å². The van der Waals surface area contributed by atoms with Gasteiger partial charge in [0.1, 0.15) is 18.1 Å². The van der Waals surface area contributed by atoms with Gasteiger partial charge in [-0.15, -0.1) is 0 Å². The topological polar surface area (TPSA) is 131 Å². The van der Waals surface area contributed by atoms with Gasteiger partial charge in [0.15, 0.2) is 11.6 Å². The summed E-state index contributed by atoms with van der Waals surface area (Å²) in [5, 5.41) is 3.05. The van der Waals surface area contributed by atoms with Gasteiger partial charge in [-0.3, -0.25) is 14.8 Å². The third-order valence-electron chi connectivity index (χ3n) is 7.54. The number of nitrogens with one attached hydrogen (secondary N) is 1. The number of nitrogens with two attached hydrogens (primary N) is 2. The number of rotatable bonds is 5. The van der Waals surface area contributed by atoms with Crippen LogP contribution in [-0.2, 0) is 11.4 Å². The molecule has 0 unspecified atom stereocenters. The SMILES string of the molecule is CN=C/C1=C(\N)c2ccc(F)cc2COc2cc(cnc2NC)C(=NCC2CC2)/C(=C(\N)C(=O)N2CCCC2)C1. The molecule has 40 heavy (non-hydrogen) atoms. The minimum absolute atomic E-state index is 0.0665. The average molecular weight is 546 g/mol. The average Bonchev–Trinajstić information content (AvgIpc) is 3.63. The number of aliphatic imine (C=N–C) groups is 2. The van der Waals surface area contributed by atoms with E-state index in [1.807, 2.05) is 6.07 Å². The van der Waals surface area contributed by atoms with Gasteiger partial charge >= 0.3 is 0 Å². The van der Waals surface area contributed by atoms with Crippen LogP contribution in [0.1, 0.15) is 48.8 Å². The van der Waals surface area contributed by atoms with Crippen molar-refractivity contribution in [2.45, 2.75) is 38.7 Å². The zero-order valence-electron chi connectivity index (χ0n) is 23.0. The Kier molecular flexibility index (Phi) is 8.14. The Morgan fingerprint density at radius 2 is 2.05 bits per heavy atom. The second-order valence-electron chi connectivity index (χ2n) is 10.4. The van der Waals surface area contributed by atoms with Gasteiger partial charge in [-0.05, 0) is 61.4 Å². The molecule has 2 aromatic rings. The summed E-state index contributed by atoms with van der Waals surface area (Å²) in [4.78, 5) is 29.3. The zero-order chi connectivity index (χ0) is 28.2. The summed E-state index contributed by atoms with van der Waals surface area (Å²) in [5.74, 6) is 0.879. The highest BCUT2D eigenvalue weighted by Crippen LogP contribution is 2.33. The molecule has 5 rings (SSSR count). The number of aromatic nitrogens is 1. The van der Waals surface area contributed by atoms with Crippen LogP contribution in [-0.4, -0.2) is 61.4 Å². The fourth-order valence-corrected chi connectivity index (χ4v) is 5.11. The Morgan fingerprint density at radius 3 is 2.75 bits per heavy atom. The molecular weight excluding hydrogens is 509 g/mol. The number of likely N-dealkylation sites (tertiary alicyclic amines) is 1. The van der Waals surface area contributed by atoms with Crippen LogP contribution >= 0.6 is 0 Å².